The van der Waals surface area contributed by atoms with E-state index < -0.39 is 0 Å². The van der Waals surface area contributed by atoms with Crippen molar-refractivity contribution in [1.29, 1.82) is 0 Å². The zero-order valence-electron chi connectivity index (χ0n) is 17.6. The fourth-order valence-electron chi connectivity index (χ4n) is 3.93. The van der Waals surface area contributed by atoms with Crippen molar-refractivity contribution in [1.82, 2.24) is 24.5 Å². The molecule has 0 bridgehead atoms. The first-order valence-corrected chi connectivity index (χ1v) is 10.3. The quantitative estimate of drug-likeness (QED) is 0.464. The molecule has 5 rings (SSSR count). The summed E-state index contributed by atoms with van der Waals surface area (Å²) in [5.41, 5.74) is 10.1. The predicted octanol–water partition coefficient (Wildman–Crippen LogP) is 2.43. The molecule has 0 unspecified atom stereocenters. The number of ether oxygens (including phenoxy) is 1. The number of carbonyl (C=O) groups is 1. The molecule has 1 aliphatic heterocycles. The number of methoxy groups -OCH3 is 1. The molecule has 1 aromatic carbocycles. The minimum atomic E-state index is -0.283. The molecule has 0 radical (unpaired) electrons. The molecule has 9 heteroatoms. The molecule has 32 heavy (non-hydrogen) atoms. The maximum atomic E-state index is 11.0. The number of rotatable bonds is 7. The molecule has 4 aromatic rings. The van der Waals surface area contributed by atoms with Gasteiger partial charge in [-0.25, -0.2) is 14.5 Å². The number of nitrogens with two attached hydrogens (primary N) is 1. The fraction of sp³-hybridized carbons (Fsp3) is 0.217. The van der Waals surface area contributed by atoms with E-state index in [1.54, 1.807) is 19.5 Å². The molecular formula is C23H23N7O2. The SMILES string of the molecule is COc1ccc(-c2ccc3cnc(Nc4ccc(C5CN(CC(N)=O)C5)cc4)nn23)cn1. The van der Waals surface area contributed by atoms with Crippen LogP contribution in [0.3, 0.4) is 0 Å². The number of pyridine rings is 1. The Hall–Kier alpha value is -3.98. The van der Waals surface area contributed by atoms with Gasteiger partial charge in [-0.2, -0.15) is 0 Å². The molecule has 1 amide bonds. The number of carbonyl (C=O) groups excluding carboxylic acids is 1. The summed E-state index contributed by atoms with van der Waals surface area (Å²) in [6, 6.07) is 16.0. The number of nitrogens with zero attached hydrogens (tertiary/aromatic N) is 5. The van der Waals surface area contributed by atoms with E-state index >= 15 is 0 Å². The first kappa shape index (κ1) is 20.0. The lowest BCUT2D eigenvalue weighted by molar-refractivity contribution is -0.120. The molecule has 0 saturated carbocycles. The highest BCUT2D eigenvalue weighted by atomic mass is 16.5. The third-order valence-electron chi connectivity index (χ3n) is 5.61. The van der Waals surface area contributed by atoms with Gasteiger partial charge in [0, 0.05) is 42.5 Å². The van der Waals surface area contributed by atoms with E-state index in [1.165, 1.54) is 5.56 Å². The van der Waals surface area contributed by atoms with Crippen LogP contribution >= 0.6 is 0 Å². The highest BCUT2D eigenvalue weighted by Crippen LogP contribution is 2.28. The Balaban J connectivity index is 1.30. The number of amides is 1. The largest absolute Gasteiger partial charge is 0.481 e. The molecule has 4 heterocycles. The number of primary amides is 1. The molecule has 9 nitrogen and oxygen atoms in total. The molecule has 1 fully saturated rings. The lowest BCUT2D eigenvalue weighted by Crippen LogP contribution is -2.48. The zero-order valence-corrected chi connectivity index (χ0v) is 17.6. The number of benzene rings is 1. The van der Waals surface area contributed by atoms with E-state index in [0.717, 1.165) is 35.6 Å². The van der Waals surface area contributed by atoms with Crippen molar-refractivity contribution >= 4 is 23.1 Å². The van der Waals surface area contributed by atoms with Crippen LogP contribution in [0.5, 0.6) is 5.88 Å². The number of likely N-dealkylation sites (tertiary alicyclic amines) is 1. The van der Waals surface area contributed by atoms with Gasteiger partial charge in [0.25, 0.3) is 0 Å². The van der Waals surface area contributed by atoms with Gasteiger partial charge >= 0.3 is 0 Å². The van der Waals surface area contributed by atoms with Crippen LogP contribution < -0.4 is 15.8 Å². The first-order chi connectivity index (χ1) is 15.6. The van der Waals surface area contributed by atoms with E-state index in [4.69, 9.17) is 10.5 Å². The van der Waals surface area contributed by atoms with Crippen LogP contribution in [-0.4, -0.2) is 57.1 Å². The average molecular weight is 429 g/mol. The summed E-state index contributed by atoms with van der Waals surface area (Å²) in [5, 5.41) is 7.93. The Labute approximate surface area is 184 Å². The van der Waals surface area contributed by atoms with Gasteiger partial charge < -0.3 is 15.8 Å². The molecule has 0 spiro atoms. The van der Waals surface area contributed by atoms with Gasteiger partial charge in [-0.1, -0.05) is 12.1 Å². The molecule has 1 aliphatic rings. The normalized spacial score (nSPS) is 14.3. The van der Waals surface area contributed by atoms with Crippen molar-refractivity contribution in [2.24, 2.45) is 5.73 Å². The number of hydrogen-bond acceptors (Lipinski definition) is 7. The van der Waals surface area contributed by atoms with Gasteiger partial charge in [0.15, 0.2) is 0 Å². The van der Waals surface area contributed by atoms with Crippen molar-refractivity contribution < 1.29 is 9.53 Å². The average Bonchev–Trinajstić information content (AvgIpc) is 3.20. The Bertz CT molecular complexity index is 1250. The third-order valence-corrected chi connectivity index (χ3v) is 5.61. The van der Waals surface area contributed by atoms with Crippen LogP contribution in [0.15, 0.2) is 60.9 Å². The Morgan fingerprint density at radius 3 is 2.59 bits per heavy atom. The second kappa shape index (κ2) is 8.27. The van der Waals surface area contributed by atoms with Crippen LogP contribution in [0.25, 0.3) is 16.8 Å². The standard InChI is InChI=1S/C23H23N7O2/c1-32-22-9-4-16(10-25-22)20-8-7-19-11-26-23(28-30(19)20)27-18-5-2-15(3-6-18)17-12-29(13-17)14-21(24)31/h2-11,17H,12-14H2,1H3,(H2,24,31)(H,27,28). The summed E-state index contributed by atoms with van der Waals surface area (Å²) in [5.74, 6) is 1.21. The van der Waals surface area contributed by atoms with Crippen LogP contribution in [0.4, 0.5) is 11.6 Å². The monoisotopic (exact) mass is 429 g/mol. The molecule has 162 valence electrons. The maximum absolute atomic E-state index is 11.0. The number of anilines is 2. The molecule has 0 aliphatic carbocycles. The van der Waals surface area contributed by atoms with E-state index in [1.807, 2.05) is 40.9 Å². The number of aromatic nitrogens is 4. The van der Waals surface area contributed by atoms with Crippen molar-refractivity contribution in [2.75, 3.05) is 32.1 Å². The van der Waals surface area contributed by atoms with Crippen LogP contribution in [0.2, 0.25) is 0 Å². The second-order valence-electron chi connectivity index (χ2n) is 7.83. The van der Waals surface area contributed by atoms with Crippen LogP contribution in [-0.2, 0) is 4.79 Å². The number of fused-ring (bicyclic) bond motifs is 1. The smallest absolute Gasteiger partial charge is 0.245 e. The molecule has 0 atom stereocenters. The highest BCUT2D eigenvalue weighted by molar-refractivity contribution is 5.76. The molecule has 3 N–H and O–H groups in total. The second-order valence-corrected chi connectivity index (χ2v) is 7.83. The van der Waals surface area contributed by atoms with Crippen molar-refractivity contribution in [3.8, 4) is 17.1 Å². The van der Waals surface area contributed by atoms with Gasteiger partial charge in [0.2, 0.25) is 17.7 Å². The molecular weight excluding hydrogens is 406 g/mol. The zero-order chi connectivity index (χ0) is 22.1. The van der Waals surface area contributed by atoms with Gasteiger partial charge in [-0.05, 0) is 35.9 Å². The Kier molecular flexibility index (Phi) is 5.16. The van der Waals surface area contributed by atoms with E-state index in [-0.39, 0.29) is 5.91 Å². The lowest BCUT2D eigenvalue weighted by Gasteiger charge is -2.38. The van der Waals surface area contributed by atoms with Crippen molar-refractivity contribution in [2.45, 2.75) is 5.92 Å². The summed E-state index contributed by atoms with van der Waals surface area (Å²) in [4.78, 5) is 21.8. The third kappa shape index (κ3) is 3.97. The van der Waals surface area contributed by atoms with Gasteiger partial charge in [0.1, 0.15) is 0 Å². The minimum Gasteiger partial charge on any atom is -0.481 e. The van der Waals surface area contributed by atoms with E-state index in [0.29, 0.717) is 24.3 Å². The predicted molar refractivity (Wildman–Crippen MR) is 121 cm³/mol. The maximum Gasteiger partial charge on any atom is 0.245 e. The lowest BCUT2D eigenvalue weighted by atomic mass is 9.91. The summed E-state index contributed by atoms with van der Waals surface area (Å²) in [6.07, 6.45) is 3.55. The Morgan fingerprint density at radius 2 is 1.91 bits per heavy atom. The van der Waals surface area contributed by atoms with E-state index in [2.05, 4.69) is 37.4 Å². The van der Waals surface area contributed by atoms with Crippen molar-refractivity contribution in [3.63, 3.8) is 0 Å². The van der Waals surface area contributed by atoms with E-state index in [9.17, 15) is 4.79 Å². The fourth-order valence-corrected chi connectivity index (χ4v) is 3.93. The number of nitrogens with one attached hydrogen (secondary N) is 1. The minimum absolute atomic E-state index is 0.283. The topological polar surface area (TPSA) is 111 Å². The molecule has 1 saturated heterocycles. The van der Waals surface area contributed by atoms with Gasteiger partial charge in [0.05, 0.1) is 31.1 Å². The molecule has 3 aromatic heterocycles. The van der Waals surface area contributed by atoms with Crippen molar-refractivity contribution in [3.05, 3.63) is 66.5 Å². The summed E-state index contributed by atoms with van der Waals surface area (Å²) < 4.78 is 6.98. The van der Waals surface area contributed by atoms with Crippen LogP contribution in [0.1, 0.15) is 11.5 Å². The highest BCUT2D eigenvalue weighted by Gasteiger charge is 2.28. The van der Waals surface area contributed by atoms with Crippen LogP contribution in [0, 0.1) is 0 Å². The summed E-state index contributed by atoms with van der Waals surface area (Å²) >= 11 is 0. The van der Waals surface area contributed by atoms with Gasteiger partial charge in [-0.3, -0.25) is 9.69 Å². The Morgan fingerprint density at radius 1 is 1.09 bits per heavy atom. The first-order valence-electron chi connectivity index (χ1n) is 10.3. The van der Waals surface area contributed by atoms with Gasteiger partial charge in [-0.15, -0.1) is 5.10 Å². The summed E-state index contributed by atoms with van der Waals surface area (Å²) in [6.45, 7) is 2.03. The number of hydrogen-bond donors (Lipinski definition) is 2. The summed E-state index contributed by atoms with van der Waals surface area (Å²) in [7, 11) is 1.59.